The Labute approximate surface area is 188 Å². The number of hydrogen-bond donors (Lipinski definition) is 2. The van der Waals surface area contributed by atoms with Crippen molar-refractivity contribution in [3.8, 4) is 11.1 Å². The van der Waals surface area contributed by atoms with Crippen molar-refractivity contribution >= 4 is 11.8 Å². The topological polar surface area (TPSA) is 79.7 Å². The zero-order valence-corrected chi connectivity index (χ0v) is 18.4. The summed E-state index contributed by atoms with van der Waals surface area (Å²) in [6.45, 7) is 6.03. The Morgan fingerprint density at radius 1 is 1.19 bits per heavy atom. The molecule has 1 saturated heterocycles. The lowest BCUT2D eigenvalue weighted by Crippen LogP contribution is -2.26. The zero-order valence-electron chi connectivity index (χ0n) is 18.4. The molecule has 3 aromatic rings. The average Bonchev–Trinajstić information content (AvgIpc) is 3.46. The predicted molar refractivity (Wildman–Crippen MR) is 126 cm³/mol. The molecule has 7 heteroatoms. The van der Waals surface area contributed by atoms with Gasteiger partial charge in [-0.15, -0.1) is 0 Å². The maximum atomic E-state index is 14.0. The molecule has 0 radical (unpaired) electrons. The first-order valence-electron chi connectivity index (χ1n) is 11.2. The van der Waals surface area contributed by atoms with Crippen LogP contribution in [0.4, 0.5) is 10.3 Å². The van der Waals surface area contributed by atoms with E-state index in [0.29, 0.717) is 24.0 Å². The van der Waals surface area contributed by atoms with Crippen LogP contribution in [0.2, 0.25) is 0 Å². The van der Waals surface area contributed by atoms with Gasteiger partial charge in [-0.05, 0) is 55.5 Å². The van der Waals surface area contributed by atoms with E-state index in [-0.39, 0.29) is 11.7 Å². The molecule has 1 fully saturated rings. The standard InChI is InChI=1S/C25H30FN5O/c1-18(19-8-10-20(11-9-19)22-6-2-3-7-23(22)26)16-21-17-24(32-30-21)29-25(27)28-12-15-31-13-4-5-14-31/h2-3,6-11,17-18H,4-5,12-16H2,1H3,(H3,27,28,29). The third kappa shape index (κ3) is 5.73. The molecule has 168 valence electrons. The average molecular weight is 436 g/mol. The lowest BCUT2D eigenvalue weighted by Gasteiger charge is -2.12. The largest absolute Gasteiger partial charge is 0.370 e. The molecule has 2 aromatic carbocycles. The third-order valence-electron chi connectivity index (χ3n) is 5.89. The molecule has 32 heavy (non-hydrogen) atoms. The maximum absolute atomic E-state index is 14.0. The number of guanidine groups is 1. The monoisotopic (exact) mass is 435 g/mol. The molecule has 1 aliphatic heterocycles. The summed E-state index contributed by atoms with van der Waals surface area (Å²) in [5.74, 6) is 0.845. The Bertz CT molecular complexity index is 1040. The summed E-state index contributed by atoms with van der Waals surface area (Å²) < 4.78 is 19.4. The zero-order chi connectivity index (χ0) is 22.3. The number of anilines is 1. The first-order chi connectivity index (χ1) is 15.6. The lowest BCUT2D eigenvalue weighted by atomic mass is 9.94. The number of likely N-dealkylation sites (tertiary alicyclic amines) is 1. The summed E-state index contributed by atoms with van der Waals surface area (Å²) in [7, 11) is 0. The van der Waals surface area contributed by atoms with Gasteiger partial charge in [0.05, 0.1) is 12.2 Å². The van der Waals surface area contributed by atoms with E-state index in [4.69, 9.17) is 10.3 Å². The Hall–Kier alpha value is -3.19. The van der Waals surface area contributed by atoms with Gasteiger partial charge in [0.1, 0.15) is 5.82 Å². The Balaban J connectivity index is 1.30. The van der Waals surface area contributed by atoms with Gasteiger partial charge in [-0.25, -0.2) is 4.39 Å². The second-order valence-corrected chi connectivity index (χ2v) is 8.33. The van der Waals surface area contributed by atoms with Crippen molar-refractivity contribution in [2.45, 2.75) is 32.1 Å². The van der Waals surface area contributed by atoms with Crippen LogP contribution in [0.15, 0.2) is 64.1 Å². The van der Waals surface area contributed by atoms with Crippen LogP contribution in [0.5, 0.6) is 0 Å². The molecule has 1 atom stereocenters. The van der Waals surface area contributed by atoms with Crippen LogP contribution < -0.4 is 11.1 Å². The van der Waals surface area contributed by atoms with Crippen molar-refractivity contribution < 1.29 is 8.91 Å². The van der Waals surface area contributed by atoms with Crippen LogP contribution in [-0.2, 0) is 6.42 Å². The van der Waals surface area contributed by atoms with Crippen molar-refractivity contribution in [3.05, 3.63) is 71.7 Å². The highest BCUT2D eigenvalue weighted by Crippen LogP contribution is 2.26. The summed E-state index contributed by atoms with van der Waals surface area (Å²) in [6, 6.07) is 16.7. The Morgan fingerprint density at radius 3 is 2.69 bits per heavy atom. The van der Waals surface area contributed by atoms with Gasteiger partial charge >= 0.3 is 0 Å². The molecular weight excluding hydrogens is 405 g/mol. The number of hydrogen-bond acceptors (Lipinski definition) is 4. The molecular formula is C25H30FN5O. The van der Waals surface area contributed by atoms with Gasteiger partial charge in [0.2, 0.25) is 5.88 Å². The summed E-state index contributed by atoms with van der Waals surface area (Å²) in [4.78, 5) is 6.76. The minimum absolute atomic E-state index is 0.213. The fourth-order valence-corrected chi connectivity index (χ4v) is 4.07. The van der Waals surface area contributed by atoms with Crippen LogP contribution in [0, 0.1) is 5.82 Å². The highest BCUT2D eigenvalue weighted by molar-refractivity contribution is 5.90. The predicted octanol–water partition coefficient (Wildman–Crippen LogP) is 4.65. The van der Waals surface area contributed by atoms with E-state index in [0.717, 1.165) is 42.9 Å². The molecule has 4 rings (SSSR count). The molecule has 0 spiro atoms. The molecule has 2 heterocycles. The molecule has 0 aliphatic carbocycles. The molecule has 0 amide bonds. The van der Waals surface area contributed by atoms with E-state index in [2.05, 4.69) is 27.3 Å². The van der Waals surface area contributed by atoms with Gasteiger partial charge in [0.15, 0.2) is 5.96 Å². The minimum atomic E-state index is -0.213. The number of aliphatic imine (C=N–C) groups is 1. The van der Waals surface area contributed by atoms with Crippen molar-refractivity contribution in [2.75, 3.05) is 31.5 Å². The summed E-state index contributed by atoms with van der Waals surface area (Å²) >= 11 is 0. The summed E-state index contributed by atoms with van der Waals surface area (Å²) in [6.07, 6.45) is 3.26. The van der Waals surface area contributed by atoms with Crippen LogP contribution in [0.1, 0.15) is 36.9 Å². The minimum Gasteiger partial charge on any atom is -0.370 e. The first-order valence-corrected chi connectivity index (χ1v) is 11.2. The molecule has 1 unspecified atom stereocenters. The number of nitrogens with one attached hydrogen (secondary N) is 1. The molecule has 3 N–H and O–H groups in total. The number of halogens is 1. The molecule has 1 aromatic heterocycles. The first kappa shape index (κ1) is 22.0. The highest BCUT2D eigenvalue weighted by Gasteiger charge is 2.13. The highest BCUT2D eigenvalue weighted by atomic mass is 19.1. The van der Waals surface area contributed by atoms with E-state index >= 15 is 0 Å². The van der Waals surface area contributed by atoms with E-state index in [1.54, 1.807) is 12.1 Å². The van der Waals surface area contributed by atoms with E-state index < -0.39 is 0 Å². The fourth-order valence-electron chi connectivity index (χ4n) is 4.07. The maximum Gasteiger partial charge on any atom is 0.231 e. The smallest absolute Gasteiger partial charge is 0.231 e. The van der Waals surface area contributed by atoms with Gasteiger partial charge < -0.3 is 15.2 Å². The molecule has 1 aliphatic rings. The van der Waals surface area contributed by atoms with Crippen molar-refractivity contribution in [1.29, 1.82) is 0 Å². The normalized spacial score (nSPS) is 15.8. The number of nitrogens with zero attached hydrogens (tertiary/aromatic N) is 3. The van der Waals surface area contributed by atoms with Crippen molar-refractivity contribution in [1.82, 2.24) is 10.1 Å². The Kier molecular flexibility index (Phi) is 7.17. The van der Waals surface area contributed by atoms with Gasteiger partial charge in [-0.1, -0.05) is 54.5 Å². The second kappa shape index (κ2) is 10.4. The van der Waals surface area contributed by atoms with E-state index in [1.807, 2.05) is 36.4 Å². The van der Waals surface area contributed by atoms with E-state index in [1.165, 1.54) is 18.9 Å². The summed E-state index contributed by atoms with van der Waals surface area (Å²) in [5.41, 5.74) is 9.44. The molecule has 0 saturated carbocycles. The number of aromatic nitrogens is 1. The van der Waals surface area contributed by atoms with Crippen LogP contribution in [0.3, 0.4) is 0 Å². The van der Waals surface area contributed by atoms with Crippen LogP contribution in [-0.4, -0.2) is 42.2 Å². The molecule has 0 bridgehead atoms. The van der Waals surface area contributed by atoms with Crippen LogP contribution in [0.25, 0.3) is 11.1 Å². The van der Waals surface area contributed by atoms with Gasteiger partial charge in [-0.3, -0.25) is 10.3 Å². The SMILES string of the molecule is CC(Cc1cc(NC(N)=NCCN2CCCC2)on1)c1ccc(-c2ccccc2F)cc1. The van der Waals surface area contributed by atoms with Gasteiger partial charge in [-0.2, -0.15) is 0 Å². The third-order valence-corrected chi connectivity index (χ3v) is 5.89. The lowest BCUT2D eigenvalue weighted by molar-refractivity contribution is 0.349. The number of rotatable bonds is 8. The summed E-state index contributed by atoms with van der Waals surface area (Å²) in [5, 5.41) is 7.13. The quantitative estimate of drug-likeness (QED) is 0.398. The fraction of sp³-hybridized carbons (Fsp3) is 0.360. The number of benzene rings is 2. The van der Waals surface area contributed by atoms with Crippen LogP contribution >= 0.6 is 0 Å². The van der Waals surface area contributed by atoms with Crippen molar-refractivity contribution in [3.63, 3.8) is 0 Å². The van der Waals surface area contributed by atoms with Crippen molar-refractivity contribution in [2.24, 2.45) is 10.7 Å². The molecule has 6 nitrogen and oxygen atoms in total. The van der Waals surface area contributed by atoms with E-state index in [9.17, 15) is 4.39 Å². The van der Waals surface area contributed by atoms with Gasteiger partial charge in [0.25, 0.3) is 0 Å². The van der Waals surface area contributed by atoms with Gasteiger partial charge in [0, 0.05) is 18.2 Å². The Morgan fingerprint density at radius 2 is 1.94 bits per heavy atom. The second-order valence-electron chi connectivity index (χ2n) is 8.33. The number of nitrogens with two attached hydrogens (primary N) is 1.